The van der Waals surface area contributed by atoms with Crippen LogP contribution in [-0.2, 0) is 6.54 Å². The molecule has 6 nitrogen and oxygen atoms in total. The third kappa shape index (κ3) is 3.05. The summed E-state index contributed by atoms with van der Waals surface area (Å²) in [5.74, 6) is 0.967. The number of hydrogen-bond acceptors (Lipinski definition) is 7. The van der Waals surface area contributed by atoms with Crippen molar-refractivity contribution in [2.24, 2.45) is 0 Å². The van der Waals surface area contributed by atoms with Crippen LogP contribution in [0, 0.1) is 6.92 Å². The zero-order valence-electron chi connectivity index (χ0n) is 10.9. The minimum absolute atomic E-state index is 0.903. The van der Waals surface area contributed by atoms with E-state index in [4.69, 9.17) is 0 Å². The predicted molar refractivity (Wildman–Crippen MR) is 74.2 cm³/mol. The highest BCUT2D eigenvalue weighted by atomic mass is 32.1. The Morgan fingerprint density at radius 3 is 2.63 bits per heavy atom. The predicted octanol–water partition coefficient (Wildman–Crippen LogP) is 0.959. The summed E-state index contributed by atoms with van der Waals surface area (Å²) in [4.78, 5) is 13.1. The number of aromatic nitrogens is 4. The summed E-state index contributed by atoms with van der Waals surface area (Å²) in [7, 11) is 0. The van der Waals surface area contributed by atoms with Gasteiger partial charge in [-0.25, -0.2) is 4.98 Å². The Hall–Kier alpha value is -1.60. The first kappa shape index (κ1) is 12.4. The minimum Gasteiger partial charge on any atom is -0.353 e. The Labute approximate surface area is 116 Å². The van der Waals surface area contributed by atoms with Crippen LogP contribution in [0.15, 0.2) is 18.6 Å². The Bertz CT molecular complexity index is 520. The fourth-order valence-corrected chi connectivity index (χ4v) is 2.93. The van der Waals surface area contributed by atoms with E-state index < -0.39 is 0 Å². The molecule has 0 amide bonds. The molecule has 0 aromatic carbocycles. The van der Waals surface area contributed by atoms with Crippen molar-refractivity contribution in [2.45, 2.75) is 13.5 Å². The van der Waals surface area contributed by atoms with E-state index in [0.717, 1.165) is 48.6 Å². The summed E-state index contributed by atoms with van der Waals surface area (Å²) in [6.45, 7) is 6.91. The summed E-state index contributed by atoms with van der Waals surface area (Å²) in [6.07, 6.45) is 5.27. The zero-order chi connectivity index (χ0) is 13.1. The second kappa shape index (κ2) is 5.58. The molecule has 100 valence electrons. The number of anilines is 1. The molecule has 0 saturated carbocycles. The van der Waals surface area contributed by atoms with Crippen molar-refractivity contribution >= 4 is 17.2 Å². The molecule has 0 N–H and O–H groups in total. The lowest BCUT2D eigenvalue weighted by atomic mass is 10.3. The molecule has 3 rings (SSSR count). The summed E-state index contributed by atoms with van der Waals surface area (Å²) in [5, 5.41) is 10.4. The molecule has 0 unspecified atom stereocenters. The van der Waals surface area contributed by atoms with Crippen molar-refractivity contribution in [3.63, 3.8) is 0 Å². The molecule has 3 heterocycles. The molecule has 1 aliphatic rings. The van der Waals surface area contributed by atoms with Gasteiger partial charge in [-0.1, -0.05) is 0 Å². The van der Waals surface area contributed by atoms with Gasteiger partial charge in [0.2, 0.25) is 0 Å². The fourth-order valence-electron chi connectivity index (χ4n) is 2.18. The largest absolute Gasteiger partial charge is 0.353 e. The summed E-state index contributed by atoms with van der Waals surface area (Å²) in [6, 6.07) is 0. The van der Waals surface area contributed by atoms with E-state index in [0.29, 0.717) is 0 Å². The van der Waals surface area contributed by atoms with Crippen LogP contribution in [-0.4, -0.2) is 51.2 Å². The van der Waals surface area contributed by atoms with Gasteiger partial charge in [0.25, 0.3) is 0 Å². The molecule has 1 saturated heterocycles. The molecule has 19 heavy (non-hydrogen) atoms. The quantitative estimate of drug-likeness (QED) is 0.832. The van der Waals surface area contributed by atoms with Crippen molar-refractivity contribution in [3.05, 3.63) is 28.6 Å². The van der Waals surface area contributed by atoms with Crippen molar-refractivity contribution in [1.29, 1.82) is 0 Å². The Morgan fingerprint density at radius 2 is 2.00 bits per heavy atom. The van der Waals surface area contributed by atoms with Gasteiger partial charge in [0.05, 0.1) is 12.7 Å². The van der Waals surface area contributed by atoms with Crippen molar-refractivity contribution in [2.75, 3.05) is 31.1 Å². The average Bonchev–Trinajstić information content (AvgIpc) is 2.86. The highest BCUT2D eigenvalue weighted by molar-refractivity contribution is 7.11. The van der Waals surface area contributed by atoms with Gasteiger partial charge in [-0.05, 0) is 6.92 Å². The van der Waals surface area contributed by atoms with Gasteiger partial charge in [0.15, 0.2) is 0 Å². The molecule has 1 aliphatic heterocycles. The van der Waals surface area contributed by atoms with E-state index in [1.54, 1.807) is 23.7 Å². The van der Waals surface area contributed by atoms with Crippen LogP contribution in [0.2, 0.25) is 0 Å². The SMILES string of the molecule is Cc1nnc(CN2CCN(c3cnccn3)CC2)s1. The number of aryl methyl sites for hydroxylation is 1. The topological polar surface area (TPSA) is 58.0 Å². The highest BCUT2D eigenvalue weighted by Gasteiger charge is 2.19. The van der Waals surface area contributed by atoms with Crippen LogP contribution in [0.3, 0.4) is 0 Å². The molecule has 1 fully saturated rings. The normalized spacial score (nSPS) is 16.8. The number of hydrogen-bond donors (Lipinski definition) is 0. The first-order valence-electron chi connectivity index (χ1n) is 6.33. The molecule has 0 radical (unpaired) electrons. The minimum atomic E-state index is 0.903. The van der Waals surface area contributed by atoms with E-state index in [1.165, 1.54) is 0 Å². The monoisotopic (exact) mass is 276 g/mol. The molecule has 0 aliphatic carbocycles. The van der Waals surface area contributed by atoms with E-state index in [9.17, 15) is 0 Å². The van der Waals surface area contributed by atoms with Crippen LogP contribution < -0.4 is 4.90 Å². The molecule has 0 atom stereocenters. The van der Waals surface area contributed by atoms with E-state index in [2.05, 4.69) is 30.0 Å². The van der Waals surface area contributed by atoms with Crippen LogP contribution in [0.1, 0.15) is 10.0 Å². The van der Waals surface area contributed by atoms with Crippen molar-refractivity contribution in [1.82, 2.24) is 25.1 Å². The van der Waals surface area contributed by atoms with Gasteiger partial charge in [-0.15, -0.1) is 21.5 Å². The lowest BCUT2D eigenvalue weighted by molar-refractivity contribution is 0.248. The maximum atomic E-state index is 4.34. The molecule has 0 bridgehead atoms. The van der Waals surface area contributed by atoms with Gasteiger partial charge >= 0.3 is 0 Å². The standard InChI is InChI=1S/C12H16N6S/c1-10-15-16-12(19-10)9-17-4-6-18(7-5-17)11-8-13-2-3-14-11/h2-3,8H,4-7,9H2,1H3. The first-order chi connectivity index (χ1) is 9.31. The Balaban J connectivity index is 1.55. The lowest BCUT2D eigenvalue weighted by Crippen LogP contribution is -2.46. The number of piperazine rings is 1. The number of rotatable bonds is 3. The lowest BCUT2D eigenvalue weighted by Gasteiger charge is -2.34. The van der Waals surface area contributed by atoms with E-state index in [-0.39, 0.29) is 0 Å². The average molecular weight is 276 g/mol. The summed E-state index contributed by atoms with van der Waals surface area (Å²) >= 11 is 1.68. The third-order valence-corrected chi connectivity index (χ3v) is 4.00. The Kier molecular flexibility index (Phi) is 3.65. The van der Waals surface area contributed by atoms with Crippen molar-refractivity contribution in [3.8, 4) is 0 Å². The van der Waals surface area contributed by atoms with Crippen LogP contribution in [0.5, 0.6) is 0 Å². The highest BCUT2D eigenvalue weighted by Crippen LogP contribution is 2.15. The smallest absolute Gasteiger partial charge is 0.147 e. The summed E-state index contributed by atoms with van der Waals surface area (Å²) < 4.78 is 0. The maximum absolute atomic E-state index is 4.34. The van der Waals surface area contributed by atoms with Gasteiger partial charge in [-0.2, -0.15) is 0 Å². The van der Waals surface area contributed by atoms with Crippen molar-refractivity contribution < 1.29 is 0 Å². The molecule has 0 spiro atoms. The van der Waals surface area contributed by atoms with Gasteiger partial charge in [-0.3, -0.25) is 9.88 Å². The second-order valence-electron chi connectivity index (χ2n) is 4.54. The third-order valence-electron chi connectivity index (χ3n) is 3.17. The maximum Gasteiger partial charge on any atom is 0.147 e. The van der Waals surface area contributed by atoms with Crippen LogP contribution in [0.25, 0.3) is 0 Å². The molecule has 7 heteroatoms. The van der Waals surface area contributed by atoms with Gasteiger partial charge in [0.1, 0.15) is 15.8 Å². The van der Waals surface area contributed by atoms with E-state index in [1.807, 2.05) is 13.1 Å². The molecular weight excluding hydrogens is 260 g/mol. The second-order valence-corrected chi connectivity index (χ2v) is 5.81. The zero-order valence-corrected chi connectivity index (χ0v) is 11.7. The first-order valence-corrected chi connectivity index (χ1v) is 7.15. The molecule has 2 aromatic heterocycles. The molecule has 2 aromatic rings. The fraction of sp³-hybridized carbons (Fsp3) is 0.500. The van der Waals surface area contributed by atoms with Gasteiger partial charge < -0.3 is 4.90 Å². The van der Waals surface area contributed by atoms with Gasteiger partial charge in [0, 0.05) is 38.6 Å². The Morgan fingerprint density at radius 1 is 1.16 bits per heavy atom. The van der Waals surface area contributed by atoms with Crippen LogP contribution >= 0.6 is 11.3 Å². The number of nitrogens with zero attached hydrogens (tertiary/aromatic N) is 6. The molecular formula is C12H16N6S. The summed E-state index contributed by atoms with van der Waals surface area (Å²) in [5.41, 5.74) is 0. The van der Waals surface area contributed by atoms with Crippen LogP contribution in [0.4, 0.5) is 5.82 Å². The van der Waals surface area contributed by atoms with E-state index >= 15 is 0 Å².